The molecule has 0 saturated heterocycles. The largest absolute Gasteiger partial charge is 0.336 e. The first-order valence-corrected chi connectivity index (χ1v) is 7.57. The van der Waals surface area contributed by atoms with Crippen LogP contribution in [0.25, 0.3) is 0 Å². The molecule has 1 amide bonds. The maximum Gasteiger partial charge on any atom is 0.277 e. The molecule has 0 unspecified atom stereocenters. The van der Waals surface area contributed by atoms with Crippen LogP contribution >= 0.6 is 23.2 Å². The average Bonchev–Trinajstić information content (AvgIpc) is 2.52. The third-order valence-corrected chi connectivity index (χ3v) is 3.27. The van der Waals surface area contributed by atoms with Gasteiger partial charge in [0.25, 0.3) is 5.91 Å². The zero-order valence-corrected chi connectivity index (χ0v) is 14.2. The highest BCUT2D eigenvalue weighted by Crippen LogP contribution is 2.30. The van der Waals surface area contributed by atoms with Gasteiger partial charge in [-0.2, -0.15) is 0 Å². The number of pyridine rings is 1. The third-order valence-electron chi connectivity index (χ3n) is 2.78. The van der Waals surface area contributed by atoms with Crippen LogP contribution in [0.4, 0.5) is 20.3 Å². The average molecular weight is 376 g/mol. The van der Waals surface area contributed by atoms with Crippen molar-refractivity contribution in [1.82, 2.24) is 10.5 Å². The van der Waals surface area contributed by atoms with Crippen LogP contribution in [0.3, 0.4) is 0 Å². The molecule has 1 aromatic carbocycles. The standard InChI is InChI=1S/C15H13Cl2F2N3O2/c1-7(2)24-22-15(23)9-3-4-11(18)12(19)13(9)21-14-10(17)5-8(16)6-20-14/h3-7H,1-2H3,(H,20,21)(H,22,23). The minimum absolute atomic E-state index is 0.0180. The number of carbonyl (C=O) groups is 1. The van der Waals surface area contributed by atoms with E-state index in [1.54, 1.807) is 13.8 Å². The highest BCUT2D eigenvalue weighted by molar-refractivity contribution is 6.36. The Morgan fingerprint density at radius 1 is 1.29 bits per heavy atom. The molecule has 0 saturated carbocycles. The number of halogens is 4. The molecule has 0 aliphatic heterocycles. The van der Waals surface area contributed by atoms with Crippen LogP contribution in [0.2, 0.25) is 10.0 Å². The smallest absolute Gasteiger partial charge is 0.277 e. The summed E-state index contributed by atoms with van der Waals surface area (Å²) >= 11 is 11.7. The van der Waals surface area contributed by atoms with Gasteiger partial charge in [-0.15, -0.1) is 0 Å². The molecule has 9 heteroatoms. The number of hydrogen-bond donors (Lipinski definition) is 2. The Bertz CT molecular complexity index is 773. The van der Waals surface area contributed by atoms with E-state index < -0.39 is 23.2 Å². The van der Waals surface area contributed by atoms with Gasteiger partial charge in [0.2, 0.25) is 0 Å². The summed E-state index contributed by atoms with van der Waals surface area (Å²) in [5, 5.41) is 2.86. The zero-order chi connectivity index (χ0) is 17.9. The van der Waals surface area contributed by atoms with Crippen molar-refractivity contribution in [2.45, 2.75) is 20.0 Å². The van der Waals surface area contributed by atoms with E-state index in [4.69, 9.17) is 28.0 Å². The Labute approximate surface area is 146 Å². The second kappa shape index (κ2) is 7.74. The molecule has 0 fully saturated rings. The molecule has 0 radical (unpaired) electrons. The van der Waals surface area contributed by atoms with Gasteiger partial charge in [0, 0.05) is 6.20 Å². The van der Waals surface area contributed by atoms with E-state index in [0.717, 1.165) is 12.1 Å². The zero-order valence-electron chi connectivity index (χ0n) is 12.7. The molecule has 1 heterocycles. The van der Waals surface area contributed by atoms with Crippen molar-refractivity contribution in [3.05, 3.63) is 51.6 Å². The number of hydroxylamine groups is 1. The summed E-state index contributed by atoms with van der Waals surface area (Å²) in [4.78, 5) is 21.0. The molecule has 0 spiro atoms. The van der Waals surface area contributed by atoms with Gasteiger partial charge in [-0.05, 0) is 32.0 Å². The maximum atomic E-state index is 14.2. The number of hydrogen-bond acceptors (Lipinski definition) is 4. The molecule has 24 heavy (non-hydrogen) atoms. The van der Waals surface area contributed by atoms with E-state index in [0.29, 0.717) is 0 Å². The van der Waals surface area contributed by atoms with E-state index >= 15 is 0 Å². The molecular formula is C15H13Cl2F2N3O2. The van der Waals surface area contributed by atoms with E-state index in [1.807, 2.05) is 0 Å². The second-order valence-electron chi connectivity index (χ2n) is 4.99. The Kier molecular flexibility index (Phi) is 5.93. The van der Waals surface area contributed by atoms with Crippen LogP contribution in [0.5, 0.6) is 0 Å². The van der Waals surface area contributed by atoms with E-state index in [9.17, 15) is 13.6 Å². The number of carbonyl (C=O) groups excluding carboxylic acids is 1. The van der Waals surface area contributed by atoms with Crippen LogP contribution < -0.4 is 10.8 Å². The molecule has 0 aliphatic rings. The summed E-state index contributed by atoms with van der Waals surface area (Å²) in [6.07, 6.45) is 0.984. The van der Waals surface area contributed by atoms with Gasteiger partial charge in [0.15, 0.2) is 11.6 Å². The fraction of sp³-hybridized carbons (Fsp3) is 0.200. The summed E-state index contributed by atoms with van der Waals surface area (Å²) in [7, 11) is 0. The minimum Gasteiger partial charge on any atom is -0.336 e. The van der Waals surface area contributed by atoms with Gasteiger partial charge in [0.05, 0.1) is 27.4 Å². The fourth-order valence-corrected chi connectivity index (χ4v) is 2.14. The molecule has 0 bridgehead atoms. The lowest BCUT2D eigenvalue weighted by Gasteiger charge is -2.14. The molecule has 5 nitrogen and oxygen atoms in total. The number of nitrogens with zero attached hydrogens (tertiary/aromatic N) is 1. The van der Waals surface area contributed by atoms with E-state index in [-0.39, 0.29) is 27.5 Å². The highest BCUT2D eigenvalue weighted by atomic mass is 35.5. The lowest BCUT2D eigenvalue weighted by atomic mass is 10.1. The van der Waals surface area contributed by atoms with Crippen LogP contribution in [-0.2, 0) is 4.84 Å². The van der Waals surface area contributed by atoms with Crippen molar-refractivity contribution in [2.75, 3.05) is 5.32 Å². The first-order valence-electron chi connectivity index (χ1n) is 6.81. The number of aromatic nitrogens is 1. The Morgan fingerprint density at radius 2 is 2.00 bits per heavy atom. The summed E-state index contributed by atoms with van der Waals surface area (Å²) < 4.78 is 27.7. The monoisotopic (exact) mass is 375 g/mol. The van der Waals surface area contributed by atoms with E-state index in [1.165, 1.54) is 12.3 Å². The third kappa shape index (κ3) is 4.31. The van der Waals surface area contributed by atoms with Crippen molar-refractivity contribution in [3.8, 4) is 0 Å². The molecule has 0 atom stereocenters. The summed E-state index contributed by atoms with van der Waals surface area (Å²) in [6.45, 7) is 3.39. The molecule has 128 valence electrons. The quantitative estimate of drug-likeness (QED) is 0.756. The normalized spacial score (nSPS) is 10.8. The second-order valence-corrected chi connectivity index (χ2v) is 5.83. The van der Waals surface area contributed by atoms with Gasteiger partial charge in [-0.25, -0.2) is 19.2 Å². The molecule has 2 aromatic rings. The van der Waals surface area contributed by atoms with Crippen molar-refractivity contribution in [3.63, 3.8) is 0 Å². The first-order chi connectivity index (χ1) is 11.3. The lowest BCUT2D eigenvalue weighted by Crippen LogP contribution is -2.28. The van der Waals surface area contributed by atoms with Crippen molar-refractivity contribution < 1.29 is 18.4 Å². The fourth-order valence-electron chi connectivity index (χ4n) is 1.71. The van der Waals surface area contributed by atoms with Crippen LogP contribution in [0, 0.1) is 11.6 Å². The van der Waals surface area contributed by atoms with Gasteiger partial charge in [0.1, 0.15) is 5.82 Å². The van der Waals surface area contributed by atoms with Crippen LogP contribution in [-0.4, -0.2) is 17.0 Å². The Balaban J connectivity index is 2.40. The number of rotatable bonds is 5. The first kappa shape index (κ1) is 18.4. The maximum absolute atomic E-state index is 14.2. The molecule has 2 rings (SSSR count). The predicted molar refractivity (Wildman–Crippen MR) is 87.6 cm³/mol. The van der Waals surface area contributed by atoms with Gasteiger partial charge in [-0.3, -0.25) is 9.63 Å². The number of amides is 1. The summed E-state index contributed by atoms with van der Waals surface area (Å²) in [5.41, 5.74) is 1.55. The topological polar surface area (TPSA) is 63.2 Å². The van der Waals surface area contributed by atoms with Crippen molar-refractivity contribution in [2.24, 2.45) is 0 Å². The Morgan fingerprint density at radius 3 is 2.62 bits per heavy atom. The number of nitrogens with one attached hydrogen (secondary N) is 2. The van der Waals surface area contributed by atoms with Gasteiger partial charge < -0.3 is 5.32 Å². The molecule has 1 aromatic heterocycles. The predicted octanol–water partition coefficient (Wildman–Crippen LogP) is 4.48. The van der Waals surface area contributed by atoms with Gasteiger partial charge >= 0.3 is 0 Å². The van der Waals surface area contributed by atoms with Crippen LogP contribution in [0.1, 0.15) is 24.2 Å². The molecular weight excluding hydrogens is 363 g/mol. The van der Waals surface area contributed by atoms with E-state index in [2.05, 4.69) is 15.8 Å². The molecule has 0 aliphatic carbocycles. The lowest BCUT2D eigenvalue weighted by molar-refractivity contribution is 0.000222. The Hall–Kier alpha value is -1.96. The van der Waals surface area contributed by atoms with Crippen molar-refractivity contribution >= 4 is 40.6 Å². The van der Waals surface area contributed by atoms with Gasteiger partial charge in [-0.1, -0.05) is 23.2 Å². The molecule has 2 N–H and O–H groups in total. The summed E-state index contributed by atoms with van der Waals surface area (Å²) in [5.74, 6) is -3.12. The van der Waals surface area contributed by atoms with Crippen LogP contribution in [0.15, 0.2) is 24.4 Å². The number of anilines is 2. The summed E-state index contributed by atoms with van der Waals surface area (Å²) in [6, 6.07) is 3.32. The highest BCUT2D eigenvalue weighted by Gasteiger charge is 2.20. The minimum atomic E-state index is -1.25. The SMILES string of the molecule is CC(C)ONC(=O)c1ccc(F)c(F)c1Nc1ncc(Cl)cc1Cl. The van der Waals surface area contributed by atoms with Crippen molar-refractivity contribution in [1.29, 1.82) is 0 Å². The number of benzene rings is 1.